The zero-order valence-corrected chi connectivity index (χ0v) is 9.34. The number of aryl methyl sites for hydroxylation is 1. The highest BCUT2D eigenvalue weighted by atomic mass is 32.1. The topological polar surface area (TPSA) is 59.4 Å². The predicted octanol–water partition coefficient (Wildman–Crippen LogP) is 1.58. The molecule has 0 atom stereocenters. The summed E-state index contributed by atoms with van der Waals surface area (Å²) in [5.74, 6) is -0.778. The molecule has 0 spiro atoms. The van der Waals surface area contributed by atoms with E-state index in [4.69, 9.17) is 4.74 Å². The summed E-state index contributed by atoms with van der Waals surface area (Å²) in [6.45, 7) is 2.95. The molecule has 0 unspecified atom stereocenters. The maximum atomic E-state index is 11.4. The number of carbonyl (C=O) groups is 1. The number of thiazole rings is 1. The predicted molar refractivity (Wildman–Crippen MR) is 56.2 cm³/mol. The zero-order valence-electron chi connectivity index (χ0n) is 8.52. The van der Waals surface area contributed by atoms with Gasteiger partial charge in [-0.1, -0.05) is 0 Å². The maximum Gasteiger partial charge on any atom is 0.316 e. The van der Waals surface area contributed by atoms with E-state index in [1.54, 1.807) is 6.20 Å². The fraction of sp³-hybridized carbons (Fsp3) is 0.600. The van der Waals surface area contributed by atoms with E-state index >= 15 is 0 Å². The Bertz CT molecular complexity index is 368. The number of nitrogens with zero attached hydrogens (tertiary/aromatic N) is 1. The first-order valence-corrected chi connectivity index (χ1v) is 5.71. The minimum Gasteiger partial charge on any atom is -0.481 e. The van der Waals surface area contributed by atoms with E-state index < -0.39 is 11.4 Å². The first-order valence-electron chi connectivity index (χ1n) is 4.89. The van der Waals surface area contributed by atoms with Gasteiger partial charge in [0.2, 0.25) is 0 Å². The molecule has 15 heavy (non-hydrogen) atoms. The lowest BCUT2D eigenvalue weighted by Crippen LogP contribution is -2.41. The Morgan fingerprint density at radius 1 is 1.60 bits per heavy atom. The third kappa shape index (κ3) is 1.77. The lowest BCUT2D eigenvalue weighted by Gasteiger charge is -2.30. The Labute approximate surface area is 91.9 Å². The Kier molecular flexibility index (Phi) is 2.75. The van der Waals surface area contributed by atoms with Crippen molar-refractivity contribution in [1.29, 1.82) is 0 Å². The Hall–Kier alpha value is -0.940. The van der Waals surface area contributed by atoms with Crippen LogP contribution in [-0.4, -0.2) is 29.3 Å². The van der Waals surface area contributed by atoms with Crippen molar-refractivity contribution in [2.24, 2.45) is 0 Å². The molecule has 0 saturated carbocycles. The lowest BCUT2D eigenvalue weighted by atomic mass is 9.81. The van der Waals surface area contributed by atoms with Crippen LogP contribution in [-0.2, 0) is 14.9 Å². The summed E-state index contributed by atoms with van der Waals surface area (Å²) in [4.78, 5) is 16.7. The van der Waals surface area contributed by atoms with Crippen LogP contribution in [0.25, 0.3) is 0 Å². The van der Waals surface area contributed by atoms with E-state index in [-0.39, 0.29) is 0 Å². The molecule has 1 fully saturated rings. The molecule has 2 rings (SSSR count). The van der Waals surface area contributed by atoms with Crippen molar-refractivity contribution in [1.82, 2.24) is 4.98 Å². The molecule has 82 valence electrons. The lowest BCUT2D eigenvalue weighted by molar-refractivity contribution is -0.147. The Morgan fingerprint density at radius 3 is 2.73 bits per heavy atom. The molecule has 0 aliphatic carbocycles. The largest absolute Gasteiger partial charge is 0.481 e. The third-order valence-corrected chi connectivity index (χ3v) is 3.90. The monoisotopic (exact) mass is 227 g/mol. The Balaban J connectivity index is 2.37. The summed E-state index contributed by atoms with van der Waals surface area (Å²) < 4.78 is 5.22. The van der Waals surface area contributed by atoms with Crippen molar-refractivity contribution < 1.29 is 14.6 Å². The van der Waals surface area contributed by atoms with Crippen molar-refractivity contribution in [3.8, 4) is 0 Å². The van der Waals surface area contributed by atoms with Gasteiger partial charge in [0.15, 0.2) is 0 Å². The van der Waals surface area contributed by atoms with E-state index in [9.17, 15) is 9.90 Å². The molecule has 1 aliphatic heterocycles. The molecular formula is C10H13NO3S. The van der Waals surface area contributed by atoms with Crippen LogP contribution in [0.2, 0.25) is 0 Å². The number of aliphatic carboxylic acids is 1. The molecule has 4 nitrogen and oxygen atoms in total. The highest BCUT2D eigenvalue weighted by molar-refractivity contribution is 7.11. The first kappa shape index (κ1) is 10.6. The number of hydrogen-bond donors (Lipinski definition) is 1. The van der Waals surface area contributed by atoms with Crippen molar-refractivity contribution in [2.45, 2.75) is 25.2 Å². The minimum atomic E-state index is -0.808. The first-order chi connectivity index (χ1) is 7.15. The van der Waals surface area contributed by atoms with Crippen LogP contribution in [0, 0.1) is 6.92 Å². The molecule has 1 N–H and O–H groups in total. The van der Waals surface area contributed by atoms with Crippen molar-refractivity contribution >= 4 is 17.3 Å². The molecule has 0 radical (unpaired) electrons. The highest BCUT2D eigenvalue weighted by Gasteiger charge is 2.44. The standard InChI is InChI=1S/C10H13NO3S/c1-7-6-11-8(15-7)10(9(12)13)2-4-14-5-3-10/h6H,2-5H2,1H3,(H,12,13). The van der Waals surface area contributed by atoms with Gasteiger partial charge in [0.1, 0.15) is 10.4 Å². The third-order valence-electron chi connectivity index (χ3n) is 2.79. The van der Waals surface area contributed by atoms with Gasteiger partial charge in [-0.3, -0.25) is 4.79 Å². The number of carboxylic acids is 1. The smallest absolute Gasteiger partial charge is 0.316 e. The van der Waals surface area contributed by atoms with E-state index in [1.165, 1.54) is 11.3 Å². The fourth-order valence-corrected chi connectivity index (χ4v) is 2.82. The second-order valence-electron chi connectivity index (χ2n) is 3.78. The summed E-state index contributed by atoms with van der Waals surface area (Å²) in [6, 6.07) is 0. The van der Waals surface area contributed by atoms with E-state index in [0.717, 1.165) is 9.88 Å². The number of aromatic nitrogens is 1. The van der Waals surface area contributed by atoms with Gasteiger partial charge >= 0.3 is 5.97 Å². The quantitative estimate of drug-likeness (QED) is 0.833. The summed E-state index contributed by atoms with van der Waals surface area (Å²) >= 11 is 1.47. The van der Waals surface area contributed by atoms with E-state index in [0.29, 0.717) is 26.1 Å². The van der Waals surface area contributed by atoms with Gasteiger partial charge < -0.3 is 9.84 Å². The summed E-state index contributed by atoms with van der Waals surface area (Å²) in [5.41, 5.74) is -0.808. The molecule has 2 heterocycles. The normalized spacial score (nSPS) is 20.1. The average Bonchev–Trinajstić information content (AvgIpc) is 2.66. The minimum absolute atomic E-state index is 0.505. The van der Waals surface area contributed by atoms with Crippen LogP contribution in [0.15, 0.2) is 6.20 Å². The van der Waals surface area contributed by atoms with Gasteiger partial charge in [-0.2, -0.15) is 0 Å². The van der Waals surface area contributed by atoms with Crippen LogP contribution >= 0.6 is 11.3 Å². The van der Waals surface area contributed by atoms with E-state index in [2.05, 4.69) is 4.98 Å². The molecular weight excluding hydrogens is 214 g/mol. The Morgan fingerprint density at radius 2 is 2.27 bits per heavy atom. The van der Waals surface area contributed by atoms with Gasteiger partial charge in [-0.15, -0.1) is 11.3 Å². The summed E-state index contributed by atoms with van der Waals surface area (Å²) in [7, 11) is 0. The van der Waals surface area contributed by atoms with Crippen LogP contribution in [0.5, 0.6) is 0 Å². The van der Waals surface area contributed by atoms with Crippen molar-refractivity contribution in [3.05, 3.63) is 16.1 Å². The number of ether oxygens (including phenoxy) is 1. The molecule has 0 amide bonds. The second-order valence-corrected chi connectivity index (χ2v) is 5.01. The van der Waals surface area contributed by atoms with Crippen LogP contribution in [0.1, 0.15) is 22.7 Å². The SMILES string of the molecule is Cc1cnc(C2(C(=O)O)CCOCC2)s1. The molecule has 1 saturated heterocycles. The number of rotatable bonds is 2. The van der Waals surface area contributed by atoms with Gasteiger partial charge in [-0.25, -0.2) is 4.98 Å². The molecule has 0 bridgehead atoms. The molecule has 5 heteroatoms. The van der Waals surface area contributed by atoms with Gasteiger partial charge in [0, 0.05) is 24.3 Å². The van der Waals surface area contributed by atoms with Crippen LogP contribution < -0.4 is 0 Å². The zero-order chi connectivity index (χ0) is 10.9. The van der Waals surface area contributed by atoms with Crippen molar-refractivity contribution in [3.63, 3.8) is 0 Å². The number of hydrogen-bond acceptors (Lipinski definition) is 4. The average molecular weight is 227 g/mol. The van der Waals surface area contributed by atoms with Crippen molar-refractivity contribution in [2.75, 3.05) is 13.2 Å². The van der Waals surface area contributed by atoms with Gasteiger partial charge in [0.25, 0.3) is 0 Å². The second kappa shape index (κ2) is 3.90. The molecule has 1 aromatic rings. The summed E-state index contributed by atoms with van der Waals surface area (Å²) in [6.07, 6.45) is 2.78. The molecule has 1 aliphatic rings. The van der Waals surface area contributed by atoms with Crippen LogP contribution in [0.3, 0.4) is 0 Å². The van der Waals surface area contributed by atoms with Crippen LogP contribution in [0.4, 0.5) is 0 Å². The van der Waals surface area contributed by atoms with Gasteiger partial charge in [0.05, 0.1) is 0 Å². The number of carboxylic acid groups (broad SMARTS) is 1. The summed E-state index contributed by atoms with van der Waals surface area (Å²) in [5, 5.41) is 10.1. The van der Waals surface area contributed by atoms with Gasteiger partial charge in [-0.05, 0) is 19.8 Å². The molecule has 1 aromatic heterocycles. The highest BCUT2D eigenvalue weighted by Crippen LogP contribution is 2.37. The fourth-order valence-electron chi connectivity index (χ4n) is 1.82. The maximum absolute atomic E-state index is 11.4. The van der Waals surface area contributed by atoms with E-state index in [1.807, 2.05) is 6.92 Å². The molecule has 0 aromatic carbocycles.